The second kappa shape index (κ2) is 4.29. The third-order valence-electron chi connectivity index (χ3n) is 1.79. The molecule has 0 N–H and O–H groups in total. The van der Waals surface area contributed by atoms with Gasteiger partial charge in [-0.25, -0.2) is 0 Å². The van der Waals surface area contributed by atoms with Crippen molar-refractivity contribution < 1.29 is 0 Å². The molecule has 0 aliphatic heterocycles. The first-order valence-corrected chi connectivity index (χ1v) is 5.60. The number of thiophene rings is 1. The molecule has 0 aromatic carbocycles. The number of rotatable bonds is 3. The lowest BCUT2D eigenvalue weighted by molar-refractivity contribution is 0.575. The summed E-state index contributed by atoms with van der Waals surface area (Å²) >= 11 is 8.00. The lowest BCUT2D eigenvalue weighted by Gasteiger charge is -2.09. The van der Waals surface area contributed by atoms with E-state index in [4.69, 9.17) is 11.6 Å². The summed E-state index contributed by atoms with van der Waals surface area (Å²) in [5.74, 6) is 0.674. The Labute approximate surface area is 83.6 Å². The van der Waals surface area contributed by atoms with E-state index in [1.54, 1.807) is 11.3 Å². The van der Waals surface area contributed by atoms with Crippen LogP contribution in [0.25, 0.3) is 0 Å². The van der Waals surface area contributed by atoms with Gasteiger partial charge in [-0.05, 0) is 36.3 Å². The highest BCUT2D eigenvalue weighted by Gasteiger charge is 2.10. The molecule has 0 saturated carbocycles. The van der Waals surface area contributed by atoms with Crippen molar-refractivity contribution in [1.82, 2.24) is 0 Å². The Balaban J connectivity index is 2.58. The number of halogens is 1. The topological polar surface area (TPSA) is 0 Å². The van der Waals surface area contributed by atoms with Crippen LogP contribution >= 0.6 is 22.9 Å². The molecule has 1 unspecified atom stereocenters. The van der Waals surface area contributed by atoms with Crippen molar-refractivity contribution in [3.63, 3.8) is 0 Å². The summed E-state index contributed by atoms with van der Waals surface area (Å²) in [7, 11) is 0. The molecule has 1 aromatic rings. The van der Waals surface area contributed by atoms with E-state index in [1.807, 2.05) is 0 Å². The lowest BCUT2D eigenvalue weighted by Crippen LogP contribution is -1.94. The summed E-state index contributed by atoms with van der Waals surface area (Å²) in [5, 5.41) is 2.37. The number of alkyl halides is 1. The maximum absolute atomic E-state index is 6.22. The summed E-state index contributed by atoms with van der Waals surface area (Å²) < 4.78 is 0. The van der Waals surface area contributed by atoms with Crippen LogP contribution in [0.3, 0.4) is 0 Å². The number of hydrogen-bond acceptors (Lipinski definition) is 1. The molecule has 12 heavy (non-hydrogen) atoms. The van der Waals surface area contributed by atoms with Gasteiger partial charge in [-0.2, -0.15) is 0 Å². The largest absolute Gasteiger partial charge is 0.149 e. The van der Waals surface area contributed by atoms with Crippen LogP contribution in [-0.2, 0) is 0 Å². The Morgan fingerprint density at radius 3 is 2.58 bits per heavy atom. The minimum atomic E-state index is 0.204. The van der Waals surface area contributed by atoms with Crippen molar-refractivity contribution in [2.75, 3.05) is 0 Å². The van der Waals surface area contributed by atoms with Gasteiger partial charge in [0.1, 0.15) is 0 Å². The van der Waals surface area contributed by atoms with Crippen molar-refractivity contribution in [2.45, 2.75) is 32.6 Å². The van der Waals surface area contributed by atoms with E-state index in [-0.39, 0.29) is 5.38 Å². The molecule has 2 heteroatoms. The third-order valence-corrected chi connectivity index (χ3v) is 3.10. The van der Waals surface area contributed by atoms with Crippen molar-refractivity contribution >= 4 is 22.9 Å². The molecule has 0 aliphatic rings. The molecule has 0 amide bonds. The van der Waals surface area contributed by atoms with Gasteiger partial charge < -0.3 is 0 Å². The van der Waals surface area contributed by atoms with Gasteiger partial charge in [0.25, 0.3) is 0 Å². The van der Waals surface area contributed by atoms with Crippen molar-refractivity contribution in [3.8, 4) is 0 Å². The highest BCUT2D eigenvalue weighted by Crippen LogP contribution is 2.30. The van der Waals surface area contributed by atoms with Crippen LogP contribution in [-0.4, -0.2) is 0 Å². The van der Waals surface area contributed by atoms with E-state index >= 15 is 0 Å². The zero-order chi connectivity index (χ0) is 9.14. The van der Waals surface area contributed by atoms with Crippen LogP contribution in [0.5, 0.6) is 0 Å². The Hall–Kier alpha value is -0.0100. The van der Waals surface area contributed by atoms with Crippen LogP contribution in [0.2, 0.25) is 0 Å². The molecule has 0 spiro atoms. The van der Waals surface area contributed by atoms with Crippen LogP contribution in [0.15, 0.2) is 11.4 Å². The van der Waals surface area contributed by atoms with Gasteiger partial charge >= 0.3 is 0 Å². The summed E-state index contributed by atoms with van der Waals surface area (Å²) in [6.07, 6.45) is 1.07. The van der Waals surface area contributed by atoms with Gasteiger partial charge in [0.05, 0.1) is 5.38 Å². The molecule has 0 aliphatic carbocycles. The lowest BCUT2D eigenvalue weighted by atomic mass is 10.0. The Morgan fingerprint density at radius 1 is 1.50 bits per heavy atom. The Bertz CT molecular complexity index is 240. The molecule has 0 saturated heterocycles. The predicted octanol–water partition coefficient (Wildman–Crippen LogP) is 4.38. The van der Waals surface area contributed by atoms with Crippen LogP contribution < -0.4 is 0 Å². The molecule has 0 nitrogen and oxygen atoms in total. The fraction of sp³-hybridized carbons (Fsp3) is 0.600. The van der Waals surface area contributed by atoms with E-state index in [1.165, 1.54) is 10.4 Å². The molecule has 0 fully saturated rings. The Kier molecular flexibility index (Phi) is 3.60. The monoisotopic (exact) mass is 202 g/mol. The number of hydrogen-bond donors (Lipinski definition) is 0. The summed E-state index contributed by atoms with van der Waals surface area (Å²) in [5.41, 5.74) is 1.29. The fourth-order valence-corrected chi connectivity index (χ4v) is 2.49. The third kappa shape index (κ3) is 2.80. The minimum Gasteiger partial charge on any atom is -0.149 e. The summed E-state index contributed by atoms with van der Waals surface area (Å²) in [6.45, 7) is 6.52. The smallest absolute Gasteiger partial charge is 0.0595 e. The van der Waals surface area contributed by atoms with Gasteiger partial charge in [0.15, 0.2) is 0 Å². The van der Waals surface area contributed by atoms with Gasteiger partial charge in [-0.1, -0.05) is 13.8 Å². The standard InChI is InChI=1S/C10H15ClS/c1-7(2)4-10(11)9-5-8(3)12-6-9/h5-7,10H,4H2,1-3H3. The molecule has 1 heterocycles. The van der Waals surface area contributed by atoms with E-state index in [9.17, 15) is 0 Å². The van der Waals surface area contributed by atoms with E-state index in [2.05, 4.69) is 32.2 Å². The van der Waals surface area contributed by atoms with Gasteiger partial charge in [-0.15, -0.1) is 22.9 Å². The Morgan fingerprint density at radius 2 is 2.17 bits per heavy atom. The zero-order valence-corrected chi connectivity index (χ0v) is 9.38. The van der Waals surface area contributed by atoms with E-state index in [0.29, 0.717) is 5.92 Å². The van der Waals surface area contributed by atoms with E-state index in [0.717, 1.165) is 6.42 Å². The molecular weight excluding hydrogens is 188 g/mol. The second-order valence-corrected chi connectivity index (χ2v) is 5.23. The maximum Gasteiger partial charge on any atom is 0.0595 e. The highest BCUT2D eigenvalue weighted by molar-refractivity contribution is 7.10. The maximum atomic E-state index is 6.22. The fourth-order valence-electron chi connectivity index (χ4n) is 1.18. The van der Waals surface area contributed by atoms with Crippen LogP contribution in [0, 0.1) is 12.8 Å². The van der Waals surface area contributed by atoms with Gasteiger partial charge in [0, 0.05) is 4.88 Å². The molecule has 1 aromatic heterocycles. The molecular formula is C10H15ClS. The van der Waals surface area contributed by atoms with Crippen molar-refractivity contribution in [2.24, 2.45) is 5.92 Å². The second-order valence-electron chi connectivity index (χ2n) is 3.59. The molecule has 68 valence electrons. The first-order valence-electron chi connectivity index (χ1n) is 4.28. The average molecular weight is 203 g/mol. The predicted molar refractivity (Wildman–Crippen MR) is 57.1 cm³/mol. The van der Waals surface area contributed by atoms with Gasteiger partial charge in [0.2, 0.25) is 0 Å². The molecule has 1 rings (SSSR count). The minimum absolute atomic E-state index is 0.204. The summed E-state index contributed by atoms with van der Waals surface area (Å²) in [4.78, 5) is 1.35. The van der Waals surface area contributed by atoms with Gasteiger partial charge in [-0.3, -0.25) is 0 Å². The molecule has 0 radical (unpaired) electrons. The zero-order valence-electron chi connectivity index (χ0n) is 7.80. The number of aryl methyl sites for hydroxylation is 1. The van der Waals surface area contributed by atoms with E-state index < -0.39 is 0 Å². The van der Waals surface area contributed by atoms with Crippen LogP contribution in [0.1, 0.15) is 36.1 Å². The average Bonchev–Trinajstić information content (AvgIpc) is 2.34. The highest BCUT2D eigenvalue weighted by atomic mass is 35.5. The normalized spacial score (nSPS) is 13.8. The first-order chi connectivity index (χ1) is 5.59. The first kappa shape index (κ1) is 10.1. The molecule has 0 bridgehead atoms. The quantitative estimate of drug-likeness (QED) is 0.639. The van der Waals surface area contributed by atoms with Crippen LogP contribution in [0.4, 0.5) is 0 Å². The van der Waals surface area contributed by atoms with Crippen molar-refractivity contribution in [3.05, 3.63) is 21.9 Å². The van der Waals surface area contributed by atoms with Crippen molar-refractivity contribution in [1.29, 1.82) is 0 Å². The SMILES string of the molecule is Cc1cc(C(Cl)CC(C)C)cs1. The molecule has 1 atom stereocenters. The summed E-state index contributed by atoms with van der Waals surface area (Å²) in [6, 6.07) is 2.19.